The van der Waals surface area contributed by atoms with Gasteiger partial charge in [-0.1, -0.05) is 6.92 Å². The molecule has 1 aliphatic rings. The van der Waals surface area contributed by atoms with Gasteiger partial charge in [-0.2, -0.15) is 0 Å². The standard InChI is InChI=1S/C17H25FN2O4S/c1-2-12-25(22,23)20-10-3-4-14(13-20)17(21)19-9-11-24-16-7-5-15(18)6-8-16/h5-8,14H,2-4,9-13H2,1H3,(H,19,21). The molecule has 1 saturated heterocycles. The lowest BCUT2D eigenvalue weighted by Gasteiger charge is -2.31. The van der Waals surface area contributed by atoms with Crippen molar-refractivity contribution in [2.75, 3.05) is 32.0 Å². The molecule has 1 N–H and O–H groups in total. The first kappa shape index (κ1) is 19.7. The maximum Gasteiger partial charge on any atom is 0.224 e. The molecule has 8 heteroatoms. The number of nitrogens with one attached hydrogen (secondary N) is 1. The maximum atomic E-state index is 12.8. The third-order valence-corrected chi connectivity index (χ3v) is 6.14. The van der Waals surface area contributed by atoms with Crippen LogP contribution in [-0.2, 0) is 14.8 Å². The summed E-state index contributed by atoms with van der Waals surface area (Å²) in [7, 11) is -3.27. The van der Waals surface area contributed by atoms with Crippen LogP contribution < -0.4 is 10.1 Å². The first-order chi connectivity index (χ1) is 11.9. The van der Waals surface area contributed by atoms with E-state index >= 15 is 0 Å². The SMILES string of the molecule is CCCS(=O)(=O)N1CCCC(C(=O)NCCOc2ccc(F)cc2)C1. The molecule has 1 heterocycles. The Morgan fingerprint density at radius 1 is 1.36 bits per heavy atom. The molecule has 1 atom stereocenters. The van der Waals surface area contributed by atoms with Crippen molar-refractivity contribution in [3.63, 3.8) is 0 Å². The second kappa shape index (κ2) is 9.15. The first-order valence-corrected chi connectivity index (χ1v) is 10.2. The summed E-state index contributed by atoms with van der Waals surface area (Å²) in [6.07, 6.45) is 1.94. The number of rotatable bonds is 8. The normalized spacial score (nSPS) is 18.7. The molecular weight excluding hydrogens is 347 g/mol. The molecule has 1 fully saturated rings. The van der Waals surface area contributed by atoms with Crippen molar-refractivity contribution >= 4 is 15.9 Å². The Kier molecular flexibility index (Phi) is 7.19. The minimum atomic E-state index is -3.27. The third kappa shape index (κ3) is 5.97. The van der Waals surface area contributed by atoms with Crippen LogP contribution in [0.5, 0.6) is 5.75 Å². The number of hydrogen-bond donors (Lipinski definition) is 1. The van der Waals surface area contributed by atoms with Crippen molar-refractivity contribution in [1.29, 1.82) is 0 Å². The third-order valence-electron chi connectivity index (χ3n) is 4.09. The Morgan fingerprint density at radius 2 is 2.08 bits per heavy atom. The monoisotopic (exact) mass is 372 g/mol. The predicted octanol–water partition coefficient (Wildman–Crippen LogP) is 1.77. The molecule has 1 aromatic rings. The highest BCUT2D eigenvalue weighted by Gasteiger charge is 2.31. The van der Waals surface area contributed by atoms with E-state index in [4.69, 9.17) is 4.74 Å². The lowest BCUT2D eigenvalue weighted by atomic mass is 9.99. The summed E-state index contributed by atoms with van der Waals surface area (Å²) in [5.74, 6) is -0.164. The largest absolute Gasteiger partial charge is 0.492 e. The summed E-state index contributed by atoms with van der Waals surface area (Å²) >= 11 is 0. The predicted molar refractivity (Wildman–Crippen MR) is 93.3 cm³/mol. The van der Waals surface area contributed by atoms with E-state index in [0.29, 0.717) is 38.1 Å². The quantitative estimate of drug-likeness (QED) is 0.706. The molecule has 0 spiro atoms. The van der Waals surface area contributed by atoms with Gasteiger partial charge in [-0.3, -0.25) is 4.79 Å². The molecule has 0 bridgehead atoms. The number of halogens is 1. The second-order valence-corrected chi connectivity index (χ2v) is 8.20. The van der Waals surface area contributed by atoms with Gasteiger partial charge in [0.2, 0.25) is 15.9 Å². The molecule has 1 aliphatic heterocycles. The van der Waals surface area contributed by atoms with Crippen LogP contribution in [0.15, 0.2) is 24.3 Å². The van der Waals surface area contributed by atoms with Crippen molar-refractivity contribution in [1.82, 2.24) is 9.62 Å². The van der Waals surface area contributed by atoms with Gasteiger partial charge in [0.15, 0.2) is 0 Å². The Hall–Kier alpha value is -1.67. The van der Waals surface area contributed by atoms with Gasteiger partial charge >= 0.3 is 0 Å². The molecule has 0 aromatic heterocycles. The van der Waals surface area contributed by atoms with E-state index in [1.165, 1.54) is 28.6 Å². The smallest absolute Gasteiger partial charge is 0.224 e. The van der Waals surface area contributed by atoms with Crippen molar-refractivity contribution in [2.24, 2.45) is 5.92 Å². The number of sulfonamides is 1. The minimum Gasteiger partial charge on any atom is -0.492 e. The number of benzene rings is 1. The molecule has 0 saturated carbocycles. The summed E-state index contributed by atoms with van der Waals surface area (Å²) in [6, 6.07) is 5.66. The summed E-state index contributed by atoms with van der Waals surface area (Å²) in [5, 5.41) is 2.78. The zero-order valence-electron chi connectivity index (χ0n) is 14.4. The van der Waals surface area contributed by atoms with Crippen molar-refractivity contribution in [3.8, 4) is 5.75 Å². The first-order valence-electron chi connectivity index (χ1n) is 8.56. The molecule has 0 radical (unpaired) electrons. The molecule has 1 aromatic carbocycles. The van der Waals surface area contributed by atoms with Gasteiger partial charge in [0.1, 0.15) is 18.2 Å². The number of amides is 1. The number of piperidine rings is 1. The van der Waals surface area contributed by atoms with Gasteiger partial charge in [-0.05, 0) is 43.5 Å². The van der Waals surface area contributed by atoms with Crippen LogP contribution in [0.3, 0.4) is 0 Å². The molecule has 6 nitrogen and oxygen atoms in total. The lowest BCUT2D eigenvalue weighted by molar-refractivity contribution is -0.126. The molecule has 1 unspecified atom stereocenters. The van der Waals surface area contributed by atoms with Crippen LogP contribution in [0.1, 0.15) is 26.2 Å². The van der Waals surface area contributed by atoms with E-state index in [1.807, 2.05) is 6.92 Å². The van der Waals surface area contributed by atoms with Crippen LogP contribution >= 0.6 is 0 Å². The molecule has 1 amide bonds. The average Bonchev–Trinajstić information content (AvgIpc) is 2.60. The van der Waals surface area contributed by atoms with Gasteiger partial charge < -0.3 is 10.1 Å². The number of carbonyl (C=O) groups is 1. The Labute approximate surface area is 148 Å². The van der Waals surface area contributed by atoms with Crippen LogP contribution in [-0.4, -0.2) is 50.6 Å². The van der Waals surface area contributed by atoms with Crippen LogP contribution in [0, 0.1) is 11.7 Å². The highest BCUT2D eigenvalue weighted by Crippen LogP contribution is 2.20. The summed E-state index contributed by atoms with van der Waals surface area (Å²) < 4.78 is 43.9. The van der Waals surface area contributed by atoms with E-state index in [1.54, 1.807) is 0 Å². The molecular formula is C17H25FN2O4S. The van der Waals surface area contributed by atoms with Crippen molar-refractivity contribution < 1.29 is 22.3 Å². The fourth-order valence-electron chi connectivity index (χ4n) is 2.81. The van der Waals surface area contributed by atoms with E-state index in [9.17, 15) is 17.6 Å². The number of hydrogen-bond acceptors (Lipinski definition) is 4. The van der Waals surface area contributed by atoms with Gasteiger partial charge in [-0.15, -0.1) is 0 Å². The van der Waals surface area contributed by atoms with Crippen LogP contribution in [0.4, 0.5) is 4.39 Å². The Morgan fingerprint density at radius 3 is 2.76 bits per heavy atom. The Bertz CT molecular complexity index is 664. The zero-order valence-corrected chi connectivity index (χ0v) is 15.2. The Balaban J connectivity index is 1.75. The van der Waals surface area contributed by atoms with Crippen molar-refractivity contribution in [3.05, 3.63) is 30.1 Å². The van der Waals surface area contributed by atoms with Gasteiger partial charge in [0.05, 0.1) is 18.2 Å². The fourth-order valence-corrected chi connectivity index (χ4v) is 4.40. The fraction of sp³-hybridized carbons (Fsp3) is 0.588. The maximum absolute atomic E-state index is 12.8. The minimum absolute atomic E-state index is 0.118. The number of nitrogens with zero attached hydrogens (tertiary/aromatic N) is 1. The number of carbonyl (C=O) groups excluding carboxylic acids is 1. The van der Waals surface area contributed by atoms with E-state index in [0.717, 1.165) is 0 Å². The van der Waals surface area contributed by atoms with E-state index in [2.05, 4.69) is 5.32 Å². The molecule has 25 heavy (non-hydrogen) atoms. The van der Waals surface area contributed by atoms with Gasteiger partial charge in [0, 0.05) is 13.1 Å². The average molecular weight is 372 g/mol. The van der Waals surface area contributed by atoms with Crippen LogP contribution in [0.25, 0.3) is 0 Å². The molecule has 0 aliphatic carbocycles. The highest BCUT2D eigenvalue weighted by molar-refractivity contribution is 7.89. The second-order valence-electron chi connectivity index (χ2n) is 6.11. The summed E-state index contributed by atoms with van der Waals surface area (Å²) in [4.78, 5) is 12.2. The highest BCUT2D eigenvalue weighted by atomic mass is 32.2. The summed E-state index contributed by atoms with van der Waals surface area (Å²) in [5.41, 5.74) is 0. The zero-order chi connectivity index (χ0) is 18.3. The lowest BCUT2D eigenvalue weighted by Crippen LogP contribution is -2.46. The van der Waals surface area contributed by atoms with Crippen molar-refractivity contribution in [2.45, 2.75) is 26.2 Å². The van der Waals surface area contributed by atoms with E-state index < -0.39 is 10.0 Å². The van der Waals surface area contributed by atoms with Gasteiger partial charge in [-0.25, -0.2) is 17.1 Å². The number of ether oxygens (including phenoxy) is 1. The van der Waals surface area contributed by atoms with E-state index in [-0.39, 0.29) is 36.5 Å². The summed E-state index contributed by atoms with van der Waals surface area (Å²) in [6.45, 7) is 3.13. The topological polar surface area (TPSA) is 75.7 Å². The molecule has 140 valence electrons. The van der Waals surface area contributed by atoms with Crippen LogP contribution in [0.2, 0.25) is 0 Å². The molecule has 2 rings (SSSR count). The van der Waals surface area contributed by atoms with Gasteiger partial charge in [0.25, 0.3) is 0 Å².